The molecular formula is C19H16N2O3. The van der Waals surface area contributed by atoms with E-state index in [4.69, 9.17) is 4.74 Å². The number of nitro benzene ring substituents is 1. The summed E-state index contributed by atoms with van der Waals surface area (Å²) in [7, 11) is 0. The minimum Gasteiger partial charge on any atom is -0.493 e. The second-order valence-electron chi connectivity index (χ2n) is 5.14. The van der Waals surface area contributed by atoms with Crippen molar-refractivity contribution < 1.29 is 9.66 Å². The molecule has 0 bridgehead atoms. The highest BCUT2D eigenvalue weighted by molar-refractivity contribution is 6.03. The van der Waals surface area contributed by atoms with E-state index in [2.05, 4.69) is 4.99 Å². The molecule has 0 saturated carbocycles. The fourth-order valence-electron chi connectivity index (χ4n) is 2.55. The van der Waals surface area contributed by atoms with Crippen LogP contribution in [0.5, 0.6) is 5.75 Å². The average molecular weight is 320 g/mol. The molecule has 3 aromatic carbocycles. The molecule has 3 rings (SSSR count). The van der Waals surface area contributed by atoms with Gasteiger partial charge in [0.15, 0.2) is 0 Å². The first-order valence-corrected chi connectivity index (χ1v) is 7.62. The molecule has 0 aromatic heterocycles. The molecule has 0 N–H and O–H groups in total. The van der Waals surface area contributed by atoms with Crippen LogP contribution < -0.4 is 4.74 Å². The molecule has 3 aromatic rings. The molecule has 0 fully saturated rings. The molecule has 0 saturated heterocycles. The zero-order chi connectivity index (χ0) is 16.9. The van der Waals surface area contributed by atoms with Crippen molar-refractivity contribution in [3.8, 4) is 5.75 Å². The molecule has 24 heavy (non-hydrogen) atoms. The fraction of sp³-hybridized carbons (Fsp3) is 0.105. The van der Waals surface area contributed by atoms with Gasteiger partial charge in [-0.25, -0.2) is 4.99 Å². The van der Waals surface area contributed by atoms with Crippen molar-refractivity contribution in [3.05, 3.63) is 76.3 Å². The largest absolute Gasteiger partial charge is 0.493 e. The van der Waals surface area contributed by atoms with Crippen LogP contribution >= 0.6 is 0 Å². The lowest BCUT2D eigenvalue weighted by Gasteiger charge is -2.10. The fourth-order valence-corrected chi connectivity index (χ4v) is 2.55. The van der Waals surface area contributed by atoms with Gasteiger partial charge in [-0.15, -0.1) is 0 Å². The van der Waals surface area contributed by atoms with Gasteiger partial charge in [0, 0.05) is 17.8 Å². The van der Waals surface area contributed by atoms with Gasteiger partial charge in [-0.05, 0) is 29.8 Å². The summed E-state index contributed by atoms with van der Waals surface area (Å²) in [6, 6.07) is 18.2. The number of aliphatic imine (C=N–C) groups is 1. The molecule has 5 heteroatoms. The molecular weight excluding hydrogens is 304 g/mol. The van der Waals surface area contributed by atoms with E-state index in [-0.39, 0.29) is 5.69 Å². The topological polar surface area (TPSA) is 64.7 Å². The highest BCUT2D eigenvalue weighted by Gasteiger charge is 2.12. The number of ether oxygens (including phenoxy) is 1. The second-order valence-corrected chi connectivity index (χ2v) is 5.14. The zero-order valence-corrected chi connectivity index (χ0v) is 13.2. The van der Waals surface area contributed by atoms with Crippen LogP contribution in [-0.2, 0) is 0 Å². The Morgan fingerprint density at radius 3 is 2.62 bits per heavy atom. The van der Waals surface area contributed by atoms with E-state index in [9.17, 15) is 10.1 Å². The Balaban J connectivity index is 2.12. The zero-order valence-electron chi connectivity index (χ0n) is 13.2. The van der Waals surface area contributed by atoms with E-state index in [1.54, 1.807) is 24.4 Å². The molecule has 5 nitrogen and oxygen atoms in total. The lowest BCUT2D eigenvalue weighted by molar-refractivity contribution is -0.384. The van der Waals surface area contributed by atoms with Crippen LogP contribution in [0.4, 0.5) is 11.4 Å². The van der Waals surface area contributed by atoms with Crippen LogP contribution in [0.1, 0.15) is 12.5 Å². The summed E-state index contributed by atoms with van der Waals surface area (Å²) in [4.78, 5) is 15.0. The Morgan fingerprint density at radius 1 is 1.08 bits per heavy atom. The van der Waals surface area contributed by atoms with Gasteiger partial charge in [0.1, 0.15) is 11.4 Å². The molecule has 0 heterocycles. The first kappa shape index (κ1) is 15.7. The van der Waals surface area contributed by atoms with E-state index >= 15 is 0 Å². The lowest BCUT2D eigenvalue weighted by atomic mass is 10.0. The number of hydrogen-bond acceptors (Lipinski definition) is 4. The normalized spacial score (nSPS) is 11.0. The Kier molecular flexibility index (Phi) is 4.52. The van der Waals surface area contributed by atoms with E-state index in [1.165, 1.54) is 6.07 Å². The van der Waals surface area contributed by atoms with Crippen LogP contribution in [0.25, 0.3) is 10.8 Å². The maximum Gasteiger partial charge on any atom is 0.294 e. The van der Waals surface area contributed by atoms with E-state index < -0.39 is 4.92 Å². The van der Waals surface area contributed by atoms with Crippen LogP contribution in [0.15, 0.2) is 65.7 Å². The summed E-state index contributed by atoms with van der Waals surface area (Å²) in [5.74, 6) is 0.707. The predicted octanol–water partition coefficient (Wildman–Crippen LogP) is 4.90. The summed E-state index contributed by atoms with van der Waals surface area (Å²) in [5, 5.41) is 13.2. The third kappa shape index (κ3) is 3.10. The van der Waals surface area contributed by atoms with Gasteiger partial charge in [0.05, 0.1) is 11.5 Å². The highest BCUT2D eigenvalue weighted by Crippen LogP contribution is 2.30. The monoisotopic (exact) mass is 320 g/mol. The van der Waals surface area contributed by atoms with Crippen LogP contribution in [0, 0.1) is 10.1 Å². The van der Waals surface area contributed by atoms with Crippen molar-refractivity contribution in [1.29, 1.82) is 0 Å². The molecule has 0 aliphatic heterocycles. The predicted molar refractivity (Wildman–Crippen MR) is 95.5 cm³/mol. The third-order valence-corrected chi connectivity index (χ3v) is 3.64. The van der Waals surface area contributed by atoms with Gasteiger partial charge in [-0.1, -0.05) is 42.5 Å². The molecule has 0 atom stereocenters. The van der Waals surface area contributed by atoms with Crippen molar-refractivity contribution in [3.63, 3.8) is 0 Å². The number of fused-ring (bicyclic) bond motifs is 1. The van der Waals surface area contributed by atoms with E-state index in [0.717, 1.165) is 16.3 Å². The van der Waals surface area contributed by atoms with Crippen LogP contribution in [0.3, 0.4) is 0 Å². The maximum absolute atomic E-state index is 11.1. The number of hydrogen-bond donors (Lipinski definition) is 0. The summed E-state index contributed by atoms with van der Waals surface area (Å²) < 4.78 is 5.69. The molecule has 0 aliphatic rings. The molecule has 0 spiro atoms. The Bertz CT molecular complexity index is 919. The van der Waals surface area contributed by atoms with Crippen molar-refractivity contribution >= 4 is 28.4 Å². The molecule has 0 radical (unpaired) electrons. The van der Waals surface area contributed by atoms with Crippen molar-refractivity contribution in [2.45, 2.75) is 6.92 Å². The van der Waals surface area contributed by atoms with Crippen molar-refractivity contribution in [2.24, 2.45) is 4.99 Å². The first-order chi connectivity index (χ1) is 11.7. The summed E-state index contributed by atoms with van der Waals surface area (Å²) in [5.41, 5.74) is 1.11. The minimum atomic E-state index is -0.431. The van der Waals surface area contributed by atoms with Crippen molar-refractivity contribution in [1.82, 2.24) is 0 Å². The maximum atomic E-state index is 11.1. The minimum absolute atomic E-state index is 0.0213. The smallest absolute Gasteiger partial charge is 0.294 e. The highest BCUT2D eigenvalue weighted by atomic mass is 16.6. The van der Waals surface area contributed by atoms with E-state index in [1.807, 2.05) is 43.3 Å². The van der Waals surface area contributed by atoms with Crippen LogP contribution in [0.2, 0.25) is 0 Å². The SMILES string of the molecule is CCOc1ccc2ccccc2c1/C=N/c1ccccc1[N+](=O)[O-]. The third-order valence-electron chi connectivity index (χ3n) is 3.64. The molecule has 0 aliphatic carbocycles. The molecule has 120 valence electrons. The Hall–Kier alpha value is -3.21. The number of nitro groups is 1. The van der Waals surface area contributed by atoms with Gasteiger partial charge in [0.2, 0.25) is 0 Å². The van der Waals surface area contributed by atoms with Gasteiger partial charge >= 0.3 is 0 Å². The van der Waals surface area contributed by atoms with Crippen LogP contribution in [-0.4, -0.2) is 17.7 Å². The number of benzene rings is 3. The Labute approximate surface area is 139 Å². The van der Waals surface area contributed by atoms with Gasteiger partial charge in [0.25, 0.3) is 5.69 Å². The lowest BCUT2D eigenvalue weighted by Crippen LogP contribution is -1.97. The summed E-state index contributed by atoms with van der Waals surface area (Å²) in [6.07, 6.45) is 1.63. The van der Waals surface area contributed by atoms with Gasteiger partial charge < -0.3 is 4.74 Å². The Morgan fingerprint density at radius 2 is 1.83 bits per heavy atom. The standard InChI is InChI=1S/C19H16N2O3/c1-2-24-19-12-11-14-7-3-4-8-15(14)16(19)13-20-17-9-5-6-10-18(17)21(22)23/h3-13H,2H2,1H3/b20-13+. The molecule has 0 amide bonds. The first-order valence-electron chi connectivity index (χ1n) is 7.62. The number of para-hydroxylation sites is 2. The second kappa shape index (κ2) is 6.91. The summed E-state index contributed by atoms with van der Waals surface area (Å²) >= 11 is 0. The van der Waals surface area contributed by atoms with Crippen molar-refractivity contribution in [2.75, 3.05) is 6.61 Å². The number of rotatable bonds is 5. The van der Waals surface area contributed by atoms with Gasteiger partial charge in [-0.3, -0.25) is 10.1 Å². The molecule has 0 unspecified atom stereocenters. The number of nitrogens with zero attached hydrogens (tertiary/aromatic N) is 2. The van der Waals surface area contributed by atoms with Gasteiger partial charge in [-0.2, -0.15) is 0 Å². The average Bonchev–Trinajstić information content (AvgIpc) is 2.61. The van der Waals surface area contributed by atoms with E-state index in [0.29, 0.717) is 18.0 Å². The summed E-state index contributed by atoms with van der Waals surface area (Å²) in [6.45, 7) is 2.45. The quantitative estimate of drug-likeness (QED) is 0.381.